The smallest absolute Gasteiger partial charge is 0.119 e. The van der Waals surface area contributed by atoms with Crippen molar-refractivity contribution in [3.8, 4) is 5.75 Å². The first-order valence-corrected chi connectivity index (χ1v) is 7.82. The average molecular weight is 277 g/mol. The van der Waals surface area contributed by atoms with Crippen molar-refractivity contribution in [2.24, 2.45) is 5.41 Å². The quantitative estimate of drug-likeness (QED) is 0.796. The van der Waals surface area contributed by atoms with Gasteiger partial charge in [-0.2, -0.15) is 0 Å². The number of nitrogens with one attached hydrogen (secondary N) is 1. The first kappa shape index (κ1) is 17.0. The van der Waals surface area contributed by atoms with Crippen molar-refractivity contribution in [2.75, 3.05) is 6.54 Å². The molecule has 0 heterocycles. The zero-order valence-electron chi connectivity index (χ0n) is 14.0. The summed E-state index contributed by atoms with van der Waals surface area (Å²) in [5.41, 5.74) is 1.68. The van der Waals surface area contributed by atoms with Crippen LogP contribution in [0.3, 0.4) is 0 Å². The van der Waals surface area contributed by atoms with Gasteiger partial charge in [0.05, 0.1) is 6.10 Å². The lowest BCUT2D eigenvalue weighted by Crippen LogP contribution is -2.40. The van der Waals surface area contributed by atoms with Gasteiger partial charge in [-0.3, -0.25) is 0 Å². The van der Waals surface area contributed by atoms with Crippen molar-refractivity contribution in [3.63, 3.8) is 0 Å². The fourth-order valence-corrected chi connectivity index (χ4v) is 2.41. The largest absolute Gasteiger partial charge is 0.491 e. The van der Waals surface area contributed by atoms with Gasteiger partial charge in [-0.25, -0.2) is 0 Å². The predicted octanol–water partition coefficient (Wildman–Crippen LogP) is 4.43. The lowest BCUT2D eigenvalue weighted by atomic mass is 9.83. The molecular weight excluding hydrogens is 246 g/mol. The van der Waals surface area contributed by atoms with Crippen LogP contribution in [0.5, 0.6) is 5.75 Å². The molecule has 0 saturated heterocycles. The van der Waals surface area contributed by atoms with Crippen molar-refractivity contribution < 1.29 is 4.74 Å². The molecular formula is C18H31NO. The van der Waals surface area contributed by atoms with E-state index in [1.807, 2.05) is 0 Å². The monoisotopic (exact) mass is 277 g/mol. The number of ether oxygens (including phenoxy) is 1. The van der Waals surface area contributed by atoms with Gasteiger partial charge in [0.25, 0.3) is 0 Å². The van der Waals surface area contributed by atoms with E-state index in [0.717, 1.165) is 18.7 Å². The normalized spacial score (nSPS) is 13.6. The third-order valence-electron chi connectivity index (χ3n) is 3.51. The molecule has 0 spiro atoms. The summed E-state index contributed by atoms with van der Waals surface area (Å²) in [4.78, 5) is 0. The van der Waals surface area contributed by atoms with Crippen LogP contribution in [-0.4, -0.2) is 18.7 Å². The first-order valence-electron chi connectivity index (χ1n) is 7.82. The second-order valence-corrected chi connectivity index (χ2v) is 6.83. The van der Waals surface area contributed by atoms with E-state index in [4.69, 9.17) is 4.74 Å². The highest BCUT2D eigenvalue weighted by atomic mass is 16.5. The molecule has 0 amide bonds. The molecule has 1 unspecified atom stereocenters. The summed E-state index contributed by atoms with van der Waals surface area (Å²) < 4.78 is 5.68. The molecule has 0 saturated carbocycles. The molecule has 0 aliphatic rings. The SMILES string of the molecule is CCNC(CCc1ccc(OC(C)C)cc1)C(C)(C)C. The van der Waals surface area contributed by atoms with Gasteiger partial charge in [0.1, 0.15) is 5.75 Å². The Labute approximate surface area is 124 Å². The highest BCUT2D eigenvalue weighted by Crippen LogP contribution is 2.24. The second kappa shape index (κ2) is 7.68. The lowest BCUT2D eigenvalue weighted by molar-refractivity contribution is 0.242. The summed E-state index contributed by atoms with van der Waals surface area (Å²) in [6.07, 6.45) is 2.51. The Morgan fingerprint density at radius 3 is 2.15 bits per heavy atom. The maximum Gasteiger partial charge on any atom is 0.119 e. The Morgan fingerprint density at radius 1 is 1.10 bits per heavy atom. The molecule has 1 N–H and O–H groups in total. The van der Waals surface area contributed by atoms with Crippen LogP contribution in [0, 0.1) is 5.41 Å². The van der Waals surface area contributed by atoms with Gasteiger partial charge in [-0.05, 0) is 56.3 Å². The van der Waals surface area contributed by atoms with Gasteiger partial charge in [0.2, 0.25) is 0 Å². The fraction of sp³-hybridized carbons (Fsp3) is 0.667. The molecule has 1 aromatic carbocycles. The number of hydrogen-bond acceptors (Lipinski definition) is 2. The van der Waals surface area contributed by atoms with E-state index in [9.17, 15) is 0 Å². The standard InChI is InChI=1S/C18H31NO/c1-7-19-17(18(4,5)6)13-10-15-8-11-16(12-9-15)20-14(2)3/h8-9,11-12,14,17,19H,7,10,13H2,1-6H3. The van der Waals surface area contributed by atoms with Crippen molar-refractivity contribution >= 4 is 0 Å². The van der Waals surface area contributed by atoms with Crippen LogP contribution < -0.4 is 10.1 Å². The van der Waals surface area contributed by atoms with E-state index in [1.165, 1.54) is 12.0 Å². The highest BCUT2D eigenvalue weighted by molar-refractivity contribution is 5.27. The molecule has 20 heavy (non-hydrogen) atoms. The molecule has 1 atom stereocenters. The molecule has 1 rings (SSSR count). The summed E-state index contributed by atoms with van der Waals surface area (Å²) in [6.45, 7) is 14.2. The molecule has 1 aromatic rings. The van der Waals surface area contributed by atoms with Crippen molar-refractivity contribution in [3.05, 3.63) is 29.8 Å². The Bertz CT molecular complexity index is 375. The van der Waals surface area contributed by atoms with Crippen LogP contribution in [0.2, 0.25) is 0 Å². The average Bonchev–Trinajstić information content (AvgIpc) is 2.34. The van der Waals surface area contributed by atoms with Crippen LogP contribution in [0.25, 0.3) is 0 Å². The number of hydrogen-bond donors (Lipinski definition) is 1. The van der Waals surface area contributed by atoms with Crippen LogP contribution >= 0.6 is 0 Å². The highest BCUT2D eigenvalue weighted by Gasteiger charge is 2.23. The van der Waals surface area contributed by atoms with Crippen LogP contribution in [0.1, 0.15) is 53.5 Å². The zero-order chi connectivity index (χ0) is 15.2. The van der Waals surface area contributed by atoms with Crippen molar-refractivity contribution in [1.29, 1.82) is 0 Å². The van der Waals surface area contributed by atoms with Gasteiger partial charge in [0, 0.05) is 6.04 Å². The topological polar surface area (TPSA) is 21.3 Å². The molecule has 0 aliphatic heterocycles. The molecule has 114 valence electrons. The minimum absolute atomic E-state index is 0.236. The summed E-state index contributed by atoms with van der Waals surface area (Å²) in [6, 6.07) is 9.08. The summed E-state index contributed by atoms with van der Waals surface area (Å²) in [5, 5.41) is 3.61. The van der Waals surface area contributed by atoms with Crippen molar-refractivity contribution in [2.45, 2.75) is 66.5 Å². The number of rotatable bonds is 7. The summed E-state index contributed by atoms with van der Waals surface area (Å²) in [7, 11) is 0. The molecule has 0 bridgehead atoms. The summed E-state index contributed by atoms with van der Waals surface area (Å²) >= 11 is 0. The Kier molecular flexibility index (Phi) is 6.54. The van der Waals surface area contributed by atoms with E-state index >= 15 is 0 Å². The maximum absolute atomic E-state index is 5.68. The van der Waals surface area contributed by atoms with Gasteiger partial charge in [0.15, 0.2) is 0 Å². The Hall–Kier alpha value is -1.02. The Balaban J connectivity index is 2.55. The zero-order valence-corrected chi connectivity index (χ0v) is 14.0. The first-order chi connectivity index (χ1) is 9.32. The van der Waals surface area contributed by atoms with Gasteiger partial charge >= 0.3 is 0 Å². The third kappa shape index (κ3) is 5.96. The molecule has 0 fully saturated rings. The van der Waals surface area contributed by atoms with Crippen molar-refractivity contribution in [1.82, 2.24) is 5.32 Å². The fourth-order valence-electron chi connectivity index (χ4n) is 2.41. The molecule has 2 nitrogen and oxygen atoms in total. The van der Waals surface area contributed by atoms with Crippen LogP contribution in [-0.2, 0) is 6.42 Å². The number of benzene rings is 1. The third-order valence-corrected chi connectivity index (χ3v) is 3.51. The summed E-state index contributed by atoms with van der Waals surface area (Å²) in [5.74, 6) is 0.961. The number of aryl methyl sites for hydroxylation is 1. The minimum atomic E-state index is 0.236. The van der Waals surface area contributed by atoms with Gasteiger partial charge in [-0.15, -0.1) is 0 Å². The van der Waals surface area contributed by atoms with Gasteiger partial charge < -0.3 is 10.1 Å². The van der Waals surface area contributed by atoms with Gasteiger partial charge in [-0.1, -0.05) is 39.8 Å². The second-order valence-electron chi connectivity index (χ2n) is 6.83. The molecule has 2 heteroatoms. The lowest BCUT2D eigenvalue weighted by Gasteiger charge is -2.31. The van der Waals surface area contributed by atoms with E-state index in [2.05, 4.69) is 71.1 Å². The predicted molar refractivity (Wildman–Crippen MR) is 87.4 cm³/mol. The van der Waals surface area contributed by atoms with Crippen LogP contribution in [0.15, 0.2) is 24.3 Å². The molecule has 0 radical (unpaired) electrons. The molecule has 0 aliphatic carbocycles. The van der Waals surface area contributed by atoms with E-state index < -0.39 is 0 Å². The minimum Gasteiger partial charge on any atom is -0.491 e. The van der Waals surface area contributed by atoms with E-state index in [-0.39, 0.29) is 6.10 Å². The van der Waals surface area contributed by atoms with E-state index in [1.54, 1.807) is 0 Å². The Morgan fingerprint density at radius 2 is 1.70 bits per heavy atom. The van der Waals surface area contributed by atoms with Crippen LogP contribution in [0.4, 0.5) is 0 Å². The maximum atomic E-state index is 5.68. The van der Waals surface area contributed by atoms with E-state index in [0.29, 0.717) is 11.5 Å². The molecule has 0 aromatic heterocycles.